The minimum absolute atomic E-state index is 0.180. The van der Waals surface area contributed by atoms with Crippen molar-refractivity contribution in [2.75, 3.05) is 39.2 Å². The SMILES string of the molecule is COc1cc2ccccc2cc1C(=O)N(CCCN(C)C)c1nc2ccc(F)cc2s1. The predicted molar refractivity (Wildman–Crippen MR) is 125 cm³/mol. The van der Waals surface area contributed by atoms with Gasteiger partial charge in [0.1, 0.15) is 11.6 Å². The fraction of sp³-hybridized carbons (Fsp3) is 0.250. The van der Waals surface area contributed by atoms with E-state index in [-0.39, 0.29) is 11.7 Å². The van der Waals surface area contributed by atoms with Gasteiger partial charge in [-0.15, -0.1) is 0 Å². The zero-order valence-electron chi connectivity index (χ0n) is 17.8. The number of anilines is 1. The molecule has 0 aliphatic rings. The van der Waals surface area contributed by atoms with E-state index < -0.39 is 0 Å². The van der Waals surface area contributed by atoms with Crippen molar-refractivity contribution in [1.29, 1.82) is 0 Å². The maximum absolute atomic E-state index is 13.7. The smallest absolute Gasteiger partial charge is 0.263 e. The summed E-state index contributed by atoms with van der Waals surface area (Å²) in [6.07, 6.45) is 0.777. The van der Waals surface area contributed by atoms with Crippen molar-refractivity contribution in [2.24, 2.45) is 0 Å². The van der Waals surface area contributed by atoms with Crippen molar-refractivity contribution in [3.8, 4) is 5.75 Å². The molecule has 0 fully saturated rings. The first-order valence-corrected chi connectivity index (χ1v) is 10.9. The van der Waals surface area contributed by atoms with Crippen LogP contribution in [0.15, 0.2) is 54.6 Å². The molecule has 0 radical (unpaired) electrons. The minimum atomic E-state index is -0.315. The van der Waals surface area contributed by atoms with E-state index in [2.05, 4.69) is 9.88 Å². The van der Waals surface area contributed by atoms with Crippen LogP contribution in [0.25, 0.3) is 21.0 Å². The van der Waals surface area contributed by atoms with Crippen LogP contribution in [-0.2, 0) is 0 Å². The molecule has 5 nitrogen and oxygen atoms in total. The lowest BCUT2D eigenvalue weighted by atomic mass is 10.0. The Hall–Kier alpha value is -3.03. The molecule has 0 spiro atoms. The molecule has 0 saturated carbocycles. The van der Waals surface area contributed by atoms with Crippen LogP contribution in [0.5, 0.6) is 5.75 Å². The number of methoxy groups -OCH3 is 1. The Morgan fingerprint density at radius 1 is 1.06 bits per heavy atom. The number of hydrogen-bond acceptors (Lipinski definition) is 5. The Morgan fingerprint density at radius 3 is 2.52 bits per heavy atom. The number of hydrogen-bond donors (Lipinski definition) is 0. The molecule has 0 aliphatic heterocycles. The summed E-state index contributed by atoms with van der Waals surface area (Å²) >= 11 is 1.32. The van der Waals surface area contributed by atoms with Crippen LogP contribution in [0.4, 0.5) is 9.52 Å². The molecule has 0 aliphatic carbocycles. The van der Waals surface area contributed by atoms with Gasteiger partial charge in [-0.25, -0.2) is 9.37 Å². The number of carbonyl (C=O) groups is 1. The lowest BCUT2D eigenvalue weighted by molar-refractivity contribution is 0.0983. The lowest BCUT2D eigenvalue weighted by Crippen LogP contribution is -2.33. The van der Waals surface area contributed by atoms with Crippen LogP contribution in [0.2, 0.25) is 0 Å². The molecule has 0 saturated heterocycles. The zero-order valence-corrected chi connectivity index (χ0v) is 18.6. The van der Waals surface area contributed by atoms with Gasteiger partial charge in [0.25, 0.3) is 5.91 Å². The van der Waals surface area contributed by atoms with Gasteiger partial charge < -0.3 is 9.64 Å². The average Bonchev–Trinajstić information content (AvgIpc) is 3.17. The first-order valence-electron chi connectivity index (χ1n) is 10.1. The zero-order chi connectivity index (χ0) is 22.0. The topological polar surface area (TPSA) is 45.7 Å². The molecular weight excluding hydrogens is 413 g/mol. The van der Waals surface area contributed by atoms with E-state index in [1.165, 1.54) is 23.5 Å². The highest BCUT2D eigenvalue weighted by atomic mass is 32.1. The van der Waals surface area contributed by atoms with Crippen LogP contribution in [0.1, 0.15) is 16.8 Å². The molecule has 4 rings (SSSR count). The van der Waals surface area contributed by atoms with Crippen molar-refractivity contribution in [3.05, 3.63) is 66.0 Å². The van der Waals surface area contributed by atoms with Gasteiger partial charge in [-0.05, 0) is 68.2 Å². The van der Waals surface area contributed by atoms with Crippen molar-refractivity contribution in [3.63, 3.8) is 0 Å². The average molecular weight is 438 g/mol. The van der Waals surface area contributed by atoms with Crippen LogP contribution < -0.4 is 9.64 Å². The number of amides is 1. The molecule has 0 unspecified atom stereocenters. The molecule has 0 atom stereocenters. The molecule has 0 bridgehead atoms. The Bertz CT molecular complexity index is 1240. The fourth-order valence-corrected chi connectivity index (χ4v) is 4.55. The van der Waals surface area contributed by atoms with Gasteiger partial charge in [-0.1, -0.05) is 35.6 Å². The Kier molecular flexibility index (Phi) is 6.15. The van der Waals surface area contributed by atoms with Crippen LogP contribution in [0.3, 0.4) is 0 Å². The summed E-state index contributed by atoms with van der Waals surface area (Å²) in [5, 5.41) is 2.52. The number of ether oxygens (including phenoxy) is 1. The lowest BCUT2D eigenvalue weighted by Gasteiger charge is -2.22. The number of aromatic nitrogens is 1. The van der Waals surface area contributed by atoms with E-state index in [1.54, 1.807) is 18.1 Å². The summed E-state index contributed by atoms with van der Waals surface area (Å²) in [6.45, 7) is 1.33. The highest BCUT2D eigenvalue weighted by Gasteiger charge is 2.24. The fourth-order valence-electron chi connectivity index (χ4n) is 3.53. The van der Waals surface area contributed by atoms with Gasteiger partial charge in [0.2, 0.25) is 0 Å². The van der Waals surface area contributed by atoms with Gasteiger partial charge in [0, 0.05) is 6.54 Å². The normalized spacial score (nSPS) is 11.4. The summed E-state index contributed by atoms with van der Waals surface area (Å²) in [5.41, 5.74) is 1.16. The molecule has 0 N–H and O–H groups in total. The van der Waals surface area contributed by atoms with Gasteiger partial charge in [-0.2, -0.15) is 0 Å². The predicted octanol–water partition coefficient (Wildman–Crippen LogP) is 5.20. The Labute approximate surface area is 184 Å². The summed E-state index contributed by atoms with van der Waals surface area (Å²) in [6, 6.07) is 16.1. The first-order chi connectivity index (χ1) is 15.0. The Balaban J connectivity index is 1.76. The second-order valence-electron chi connectivity index (χ2n) is 7.62. The van der Waals surface area contributed by atoms with Crippen LogP contribution in [-0.4, -0.2) is 50.1 Å². The third-order valence-electron chi connectivity index (χ3n) is 5.10. The van der Waals surface area contributed by atoms with E-state index in [0.717, 1.165) is 23.7 Å². The van der Waals surface area contributed by atoms with E-state index in [4.69, 9.17) is 4.74 Å². The van der Waals surface area contributed by atoms with Crippen molar-refractivity contribution < 1.29 is 13.9 Å². The largest absolute Gasteiger partial charge is 0.496 e. The van der Waals surface area contributed by atoms with E-state index in [0.29, 0.717) is 33.2 Å². The molecular formula is C24H24FN3O2S. The van der Waals surface area contributed by atoms with E-state index >= 15 is 0 Å². The molecule has 31 heavy (non-hydrogen) atoms. The number of fused-ring (bicyclic) bond motifs is 2. The third kappa shape index (κ3) is 4.52. The molecule has 7 heteroatoms. The van der Waals surface area contributed by atoms with Crippen LogP contribution in [0, 0.1) is 5.82 Å². The highest BCUT2D eigenvalue weighted by Crippen LogP contribution is 2.33. The molecule has 1 amide bonds. The quantitative estimate of drug-likeness (QED) is 0.399. The number of benzene rings is 3. The van der Waals surface area contributed by atoms with Gasteiger partial charge >= 0.3 is 0 Å². The highest BCUT2D eigenvalue weighted by molar-refractivity contribution is 7.22. The maximum Gasteiger partial charge on any atom is 0.263 e. The van der Waals surface area contributed by atoms with Gasteiger partial charge in [-0.3, -0.25) is 9.69 Å². The number of rotatable bonds is 7. The molecule has 4 aromatic rings. The standard InChI is InChI=1S/C24H24FN3O2S/c1-27(2)11-6-12-28(24-26-20-10-9-18(25)15-22(20)31-24)23(29)19-13-16-7-4-5-8-17(16)14-21(19)30-3/h4-5,7-10,13-15H,6,11-12H2,1-3H3. The van der Waals surface area contributed by atoms with Crippen molar-refractivity contribution >= 4 is 43.4 Å². The van der Waals surface area contributed by atoms with E-state index in [1.807, 2.05) is 50.5 Å². The van der Waals surface area contributed by atoms with Crippen molar-refractivity contribution in [2.45, 2.75) is 6.42 Å². The molecule has 3 aromatic carbocycles. The number of thiazole rings is 1. The summed E-state index contributed by atoms with van der Waals surface area (Å²) in [7, 11) is 5.57. The second-order valence-corrected chi connectivity index (χ2v) is 8.63. The molecule has 1 heterocycles. The number of carbonyl (C=O) groups excluding carboxylic acids is 1. The minimum Gasteiger partial charge on any atom is -0.496 e. The number of halogens is 1. The summed E-state index contributed by atoms with van der Waals surface area (Å²) in [5.74, 6) is 0.0266. The molecule has 1 aromatic heterocycles. The van der Waals surface area contributed by atoms with E-state index in [9.17, 15) is 9.18 Å². The maximum atomic E-state index is 13.7. The second kappa shape index (κ2) is 8.99. The first kappa shape index (κ1) is 21.2. The summed E-state index contributed by atoms with van der Waals surface area (Å²) < 4.78 is 20.0. The summed E-state index contributed by atoms with van der Waals surface area (Å²) in [4.78, 5) is 22.1. The Morgan fingerprint density at radius 2 is 1.81 bits per heavy atom. The van der Waals surface area contributed by atoms with Crippen molar-refractivity contribution in [1.82, 2.24) is 9.88 Å². The third-order valence-corrected chi connectivity index (χ3v) is 6.14. The van der Waals surface area contributed by atoms with Crippen LogP contribution >= 0.6 is 11.3 Å². The monoisotopic (exact) mass is 437 g/mol. The molecule has 160 valence electrons. The van der Waals surface area contributed by atoms with Gasteiger partial charge in [0.05, 0.1) is 22.9 Å². The number of nitrogens with zero attached hydrogens (tertiary/aromatic N) is 3. The van der Waals surface area contributed by atoms with Gasteiger partial charge in [0.15, 0.2) is 5.13 Å².